The number of amides is 1. The average molecular weight is 624 g/mol. The molecule has 0 saturated carbocycles. The molecule has 0 aliphatic carbocycles. The van der Waals surface area contributed by atoms with Gasteiger partial charge in [-0.3, -0.25) is 4.79 Å². The van der Waals surface area contributed by atoms with Gasteiger partial charge in [-0.25, -0.2) is 0 Å². The molecule has 4 aromatic carbocycles. The van der Waals surface area contributed by atoms with Crippen molar-refractivity contribution >= 4 is 72.1 Å². The summed E-state index contributed by atoms with van der Waals surface area (Å²) in [6, 6.07) is 26.8. The Morgan fingerprint density at radius 1 is 0.944 bits per heavy atom. The lowest BCUT2D eigenvalue weighted by atomic mass is 10.1. The summed E-state index contributed by atoms with van der Waals surface area (Å²) >= 11 is 8.75. The van der Waals surface area contributed by atoms with Gasteiger partial charge in [0.1, 0.15) is 12.4 Å². The number of carbonyl (C=O) groups excluding carboxylic acids is 1. The summed E-state index contributed by atoms with van der Waals surface area (Å²) < 4.78 is 7.78. The molecule has 4 aromatic rings. The van der Waals surface area contributed by atoms with Gasteiger partial charge in [0.25, 0.3) is 5.91 Å². The van der Waals surface area contributed by atoms with Crippen LogP contribution in [0.25, 0.3) is 16.8 Å². The second-order valence-corrected chi connectivity index (χ2v) is 11.3. The quantitative estimate of drug-likeness (QED) is 0.204. The molecule has 4 nitrogen and oxygen atoms in total. The maximum absolute atomic E-state index is 12.6. The van der Waals surface area contributed by atoms with Crippen LogP contribution < -0.4 is 15.4 Å². The van der Waals surface area contributed by atoms with E-state index < -0.39 is 0 Å². The zero-order chi connectivity index (χ0) is 25.1. The number of anilines is 1. The molecule has 1 atom stereocenters. The van der Waals surface area contributed by atoms with Gasteiger partial charge in [-0.1, -0.05) is 67.2 Å². The largest absolute Gasteiger partial charge is 0.487 e. The number of hydrogen-bond acceptors (Lipinski definition) is 4. The summed E-state index contributed by atoms with van der Waals surface area (Å²) in [7, 11) is 0. The van der Waals surface area contributed by atoms with Crippen LogP contribution in [0.15, 0.2) is 92.7 Å². The fourth-order valence-electron chi connectivity index (χ4n) is 3.99. The predicted octanol–water partition coefficient (Wildman–Crippen LogP) is 8.11. The van der Waals surface area contributed by atoms with E-state index in [0.717, 1.165) is 37.9 Å². The topological polar surface area (TPSA) is 50.4 Å². The van der Waals surface area contributed by atoms with Crippen molar-refractivity contribution < 1.29 is 9.53 Å². The standard InChI is InChI=1S/C29H24Br2N2O2S/c1-2-18-8-11-23(12-9-18)32-29-33-28(34)26(36-29)16-20-14-24(30)27(25(31)15-20)35-17-19-7-10-21-5-3-4-6-22(21)13-19/h3-16,29,32H,2,17H2,1H3,(H,33,34)/b26-16-/t29-/m0/s1. The van der Waals surface area contributed by atoms with Gasteiger partial charge in [-0.05, 0) is 102 Å². The monoisotopic (exact) mass is 622 g/mol. The third-order valence-electron chi connectivity index (χ3n) is 5.91. The molecule has 0 unspecified atom stereocenters. The van der Waals surface area contributed by atoms with Crippen LogP contribution in [0.4, 0.5) is 5.69 Å². The third-order valence-corrected chi connectivity index (χ3v) is 8.11. The lowest BCUT2D eigenvalue weighted by molar-refractivity contribution is -0.116. The van der Waals surface area contributed by atoms with Gasteiger partial charge in [-0.15, -0.1) is 0 Å². The van der Waals surface area contributed by atoms with Crippen molar-refractivity contribution in [3.8, 4) is 5.75 Å². The summed E-state index contributed by atoms with van der Waals surface area (Å²) in [6.07, 6.45) is 2.89. The van der Waals surface area contributed by atoms with Crippen LogP contribution in [-0.2, 0) is 17.8 Å². The van der Waals surface area contributed by atoms with Crippen molar-refractivity contribution in [3.63, 3.8) is 0 Å². The molecule has 0 spiro atoms. The number of benzene rings is 4. The molecule has 2 N–H and O–H groups in total. The minimum absolute atomic E-state index is 0.0912. The lowest BCUT2D eigenvalue weighted by Crippen LogP contribution is -2.30. The van der Waals surface area contributed by atoms with Gasteiger partial charge in [0, 0.05) is 5.69 Å². The Kier molecular flexibility index (Phi) is 7.70. The first-order chi connectivity index (χ1) is 17.5. The van der Waals surface area contributed by atoms with Gasteiger partial charge in [0.05, 0.1) is 13.9 Å². The van der Waals surface area contributed by atoms with Crippen LogP contribution in [0.3, 0.4) is 0 Å². The SMILES string of the molecule is CCc1ccc(N[C@H]2NC(=O)/C(=C/c3cc(Br)c(OCc4ccc5ccccc5c4)c(Br)c3)S2)cc1. The van der Waals surface area contributed by atoms with Crippen molar-refractivity contribution in [2.75, 3.05) is 5.32 Å². The highest BCUT2D eigenvalue weighted by Crippen LogP contribution is 2.37. The summed E-state index contributed by atoms with van der Waals surface area (Å²) in [5.74, 6) is 0.635. The van der Waals surface area contributed by atoms with Gasteiger partial charge in [0.15, 0.2) is 5.50 Å². The first kappa shape index (κ1) is 24.9. The number of halogens is 2. The van der Waals surface area contributed by atoms with Crippen molar-refractivity contribution in [2.24, 2.45) is 0 Å². The smallest absolute Gasteiger partial charge is 0.260 e. The van der Waals surface area contributed by atoms with Gasteiger partial charge in [0.2, 0.25) is 0 Å². The molecule has 1 aliphatic rings. The maximum Gasteiger partial charge on any atom is 0.260 e. The summed E-state index contributed by atoms with van der Waals surface area (Å²) in [5, 5.41) is 8.76. The number of rotatable bonds is 7. The lowest BCUT2D eigenvalue weighted by Gasteiger charge is -2.13. The van der Waals surface area contributed by atoms with Crippen molar-refractivity contribution in [1.29, 1.82) is 0 Å². The summed E-state index contributed by atoms with van der Waals surface area (Å²) in [6.45, 7) is 2.58. The first-order valence-electron chi connectivity index (χ1n) is 11.6. The fraction of sp³-hybridized carbons (Fsp3) is 0.138. The molecule has 1 aliphatic heterocycles. The highest BCUT2D eigenvalue weighted by atomic mass is 79.9. The number of ether oxygens (including phenoxy) is 1. The molecule has 0 aromatic heterocycles. The highest BCUT2D eigenvalue weighted by molar-refractivity contribution is 9.11. The van der Waals surface area contributed by atoms with E-state index >= 15 is 0 Å². The Morgan fingerprint density at radius 3 is 2.36 bits per heavy atom. The van der Waals surface area contributed by atoms with E-state index in [4.69, 9.17) is 4.74 Å². The number of nitrogens with one attached hydrogen (secondary N) is 2. The predicted molar refractivity (Wildman–Crippen MR) is 157 cm³/mol. The van der Waals surface area contributed by atoms with E-state index in [1.165, 1.54) is 28.1 Å². The number of carbonyl (C=O) groups is 1. The van der Waals surface area contributed by atoms with Crippen LogP contribution in [-0.4, -0.2) is 11.4 Å². The molecular formula is C29H24Br2N2O2S. The molecule has 1 heterocycles. The Bertz CT molecular complexity index is 1430. The first-order valence-corrected chi connectivity index (χ1v) is 14.1. The van der Waals surface area contributed by atoms with Crippen LogP contribution in [0.1, 0.15) is 23.6 Å². The second-order valence-electron chi connectivity index (χ2n) is 8.46. The van der Waals surface area contributed by atoms with E-state index in [2.05, 4.69) is 91.9 Å². The molecule has 1 fully saturated rings. The average Bonchev–Trinajstić information content (AvgIpc) is 3.22. The van der Waals surface area contributed by atoms with E-state index in [1.54, 1.807) is 0 Å². The van der Waals surface area contributed by atoms with Gasteiger partial charge >= 0.3 is 0 Å². The molecule has 182 valence electrons. The van der Waals surface area contributed by atoms with Gasteiger partial charge in [-0.2, -0.15) is 0 Å². The van der Waals surface area contributed by atoms with E-state index in [9.17, 15) is 4.79 Å². The minimum atomic E-state index is -0.215. The number of thioether (sulfide) groups is 1. The molecule has 7 heteroatoms. The molecule has 1 amide bonds. The third kappa shape index (κ3) is 5.80. The number of hydrogen-bond donors (Lipinski definition) is 2. The Hall–Kier alpha value is -2.74. The van der Waals surface area contributed by atoms with E-state index in [-0.39, 0.29) is 11.4 Å². The van der Waals surface area contributed by atoms with E-state index in [0.29, 0.717) is 11.5 Å². The van der Waals surface area contributed by atoms with Crippen LogP contribution in [0.2, 0.25) is 0 Å². The normalized spacial score (nSPS) is 16.4. The zero-order valence-corrected chi connectivity index (χ0v) is 23.5. The second kappa shape index (κ2) is 11.1. The molecule has 36 heavy (non-hydrogen) atoms. The van der Waals surface area contributed by atoms with Crippen molar-refractivity contribution in [1.82, 2.24) is 5.32 Å². The Balaban J connectivity index is 1.26. The molecule has 5 rings (SSSR count). The van der Waals surface area contributed by atoms with Crippen LogP contribution in [0.5, 0.6) is 5.75 Å². The maximum atomic E-state index is 12.6. The summed E-state index contributed by atoms with van der Waals surface area (Å²) in [5.41, 5.74) is 4.04. The fourth-order valence-corrected chi connectivity index (χ4v) is 6.43. The molecule has 0 bridgehead atoms. The summed E-state index contributed by atoms with van der Waals surface area (Å²) in [4.78, 5) is 13.2. The van der Waals surface area contributed by atoms with Crippen molar-refractivity contribution in [3.05, 3.63) is 109 Å². The Morgan fingerprint density at radius 2 is 1.64 bits per heavy atom. The van der Waals surface area contributed by atoms with Gasteiger partial charge < -0.3 is 15.4 Å². The highest BCUT2D eigenvalue weighted by Gasteiger charge is 2.27. The molecule has 1 saturated heterocycles. The minimum Gasteiger partial charge on any atom is -0.487 e. The van der Waals surface area contributed by atoms with Crippen molar-refractivity contribution in [2.45, 2.75) is 25.4 Å². The van der Waals surface area contributed by atoms with Crippen LogP contribution >= 0.6 is 43.6 Å². The van der Waals surface area contributed by atoms with Crippen LogP contribution in [0, 0.1) is 0 Å². The molecular weight excluding hydrogens is 600 g/mol. The number of aryl methyl sites for hydroxylation is 1. The van der Waals surface area contributed by atoms with E-state index in [1.807, 2.05) is 42.5 Å². The zero-order valence-electron chi connectivity index (χ0n) is 19.6. The number of fused-ring (bicyclic) bond motifs is 1. The molecule has 0 radical (unpaired) electrons. The Labute approximate surface area is 231 Å².